The van der Waals surface area contributed by atoms with Crippen LogP contribution < -0.4 is 5.32 Å². The van der Waals surface area contributed by atoms with Crippen LogP contribution in [0.25, 0.3) is 0 Å². The van der Waals surface area contributed by atoms with Crippen molar-refractivity contribution in [2.24, 2.45) is 0 Å². The lowest BCUT2D eigenvalue weighted by Crippen LogP contribution is -2.18. The van der Waals surface area contributed by atoms with Gasteiger partial charge in [-0.2, -0.15) is 0 Å². The van der Waals surface area contributed by atoms with Crippen molar-refractivity contribution < 1.29 is 8.78 Å². The van der Waals surface area contributed by atoms with Crippen LogP contribution in [0.3, 0.4) is 0 Å². The monoisotopic (exact) mass is 248 g/mol. The number of nitrogens with one attached hydrogen (secondary N) is 1. The highest BCUT2D eigenvalue weighted by molar-refractivity contribution is 5.19. The van der Waals surface area contributed by atoms with Gasteiger partial charge in [0, 0.05) is 31.0 Å². The Morgan fingerprint density at radius 2 is 1.72 bits per heavy atom. The lowest BCUT2D eigenvalue weighted by molar-refractivity contribution is 0.554. The van der Waals surface area contributed by atoms with Crippen LogP contribution in [0.1, 0.15) is 24.1 Å². The minimum atomic E-state index is -0.552. The summed E-state index contributed by atoms with van der Waals surface area (Å²) in [4.78, 5) is 3.94. The molecule has 0 radical (unpaired) electrons. The summed E-state index contributed by atoms with van der Waals surface area (Å²) in [6.45, 7) is 2.41. The molecule has 1 aromatic heterocycles. The Morgan fingerprint density at radius 3 is 2.33 bits per heavy atom. The predicted octanol–water partition coefficient (Wildman–Crippen LogP) is 3.21. The SMILES string of the molecule is C[C@H](NCc1cc(F)cc(F)c1)c1ccncc1. The van der Waals surface area contributed by atoms with E-state index < -0.39 is 11.6 Å². The highest BCUT2D eigenvalue weighted by Crippen LogP contribution is 2.13. The first-order chi connectivity index (χ1) is 8.65. The molecule has 18 heavy (non-hydrogen) atoms. The minimum Gasteiger partial charge on any atom is -0.306 e. The van der Waals surface area contributed by atoms with Gasteiger partial charge in [0.25, 0.3) is 0 Å². The van der Waals surface area contributed by atoms with Crippen molar-refractivity contribution in [3.63, 3.8) is 0 Å². The Hall–Kier alpha value is -1.81. The molecule has 0 fully saturated rings. The van der Waals surface area contributed by atoms with Gasteiger partial charge in [-0.25, -0.2) is 8.78 Å². The largest absolute Gasteiger partial charge is 0.306 e. The first-order valence-corrected chi connectivity index (χ1v) is 5.73. The molecule has 1 atom stereocenters. The van der Waals surface area contributed by atoms with Crippen molar-refractivity contribution in [3.05, 3.63) is 65.5 Å². The van der Waals surface area contributed by atoms with Crippen LogP contribution in [0.4, 0.5) is 8.78 Å². The summed E-state index contributed by atoms with van der Waals surface area (Å²) < 4.78 is 26.0. The Morgan fingerprint density at radius 1 is 1.11 bits per heavy atom. The Kier molecular flexibility index (Phi) is 3.99. The van der Waals surface area contributed by atoms with Crippen LogP contribution in [0.15, 0.2) is 42.7 Å². The third-order valence-electron chi connectivity index (χ3n) is 2.74. The van der Waals surface area contributed by atoms with Gasteiger partial charge in [0.1, 0.15) is 11.6 Å². The van der Waals surface area contributed by atoms with Crippen molar-refractivity contribution >= 4 is 0 Å². The average molecular weight is 248 g/mol. The quantitative estimate of drug-likeness (QED) is 0.898. The number of pyridine rings is 1. The van der Waals surface area contributed by atoms with E-state index in [2.05, 4.69) is 10.3 Å². The van der Waals surface area contributed by atoms with Gasteiger partial charge in [0.2, 0.25) is 0 Å². The van der Waals surface area contributed by atoms with E-state index in [1.807, 2.05) is 19.1 Å². The first-order valence-electron chi connectivity index (χ1n) is 5.73. The molecule has 1 N–H and O–H groups in total. The Labute approximate surface area is 105 Å². The number of rotatable bonds is 4. The standard InChI is InChI=1S/C14H14F2N2/c1-10(12-2-4-17-5-3-12)18-9-11-6-13(15)8-14(16)7-11/h2-8,10,18H,9H2,1H3/t10-/m0/s1. The van der Waals surface area contributed by atoms with Gasteiger partial charge < -0.3 is 5.32 Å². The molecule has 0 aliphatic heterocycles. The van der Waals surface area contributed by atoms with Crippen LogP contribution in [-0.2, 0) is 6.54 Å². The van der Waals surface area contributed by atoms with Crippen molar-refractivity contribution in [1.29, 1.82) is 0 Å². The Balaban J connectivity index is 1.99. The zero-order chi connectivity index (χ0) is 13.0. The van der Waals surface area contributed by atoms with E-state index in [1.165, 1.54) is 12.1 Å². The summed E-state index contributed by atoms with van der Waals surface area (Å²) >= 11 is 0. The predicted molar refractivity (Wildman–Crippen MR) is 65.8 cm³/mol. The smallest absolute Gasteiger partial charge is 0.126 e. The normalized spacial score (nSPS) is 12.4. The maximum Gasteiger partial charge on any atom is 0.126 e. The van der Waals surface area contributed by atoms with Crippen LogP contribution >= 0.6 is 0 Å². The molecule has 0 spiro atoms. The number of nitrogens with zero attached hydrogens (tertiary/aromatic N) is 1. The molecule has 2 nitrogen and oxygen atoms in total. The summed E-state index contributed by atoms with van der Waals surface area (Å²) in [5, 5.41) is 3.21. The second-order valence-corrected chi connectivity index (χ2v) is 4.16. The number of aromatic nitrogens is 1. The third kappa shape index (κ3) is 3.34. The highest BCUT2D eigenvalue weighted by atomic mass is 19.1. The molecular formula is C14H14F2N2. The molecule has 0 unspecified atom stereocenters. The molecule has 1 aromatic carbocycles. The number of benzene rings is 1. The lowest BCUT2D eigenvalue weighted by Gasteiger charge is -2.14. The molecule has 4 heteroatoms. The molecule has 2 rings (SSSR count). The van der Waals surface area contributed by atoms with Crippen molar-refractivity contribution in [2.45, 2.75) is 19.5 Å². The van der Waals surface area contributed by atoms with E-state index in [0.29, 0.717) is 12.1 Å². The summed E-state index contributed by atoms with van der Waals surface area (Å²) in [6.07, 6.45) is 3.44. The van der Waals surface area contributed by atoms with Gasteiger partial charge in [-0.15, -0.1) is 0 Å². The summed E-state index contributed by atoms with van der Waals surface area (Å²) in [5.74, 6) is -1.10. The van der Waals surface area contributed by atoms with Gasteiger partial charge >= 0.3 is 0 Å². The van der Waals surface area contributed by atoms with Crippen LogP contribution in [-0.4, -0.2) is 4.98 Å². The fraction of sp³-hybridized carbons (Fsp3) is 0.214. The molecular weight excluding hydrogens is 234 g/mol. The maximum absolute atomic E-state index is 13.0. The topological polar surface area (TPSA) is 24.9 Å². The van der Waals surface area contributed by atoms with Crippen LogP contribution in [0, 0.1) is 11.6 Å². The fourth-order valence-electron chi connectivity index (χ4n) is 1.75. The molecule has 2 aromatic rings. The molecule has 0 bridgehead atoms. The summed E-state index contributed by atoms with van der Waals surface area (Å²) in [5.41, 5.74) is 1.68. The van der Waals surface area contributed by atoms with Gasteiger partial charge in [0.05, 0.1) is 0 Å². The summed E-state index contributed by atoms with van der Waals surface area (Å²) in [7, 11) is 0. The number of halogens is 2. The van der Waals surface area contributed by atoms with Crippen molar-refractivity contribution in [1.82, 2.24) is 10.3 Å². The van der Waals surface area contributed by atoms with E-state index in [-0.39, 0.29) is 6.04 Å². The van der Waals surface area contributed by atoms with Gasteiger partial charge in [-0.1, -0.05) is 0 Å². The van der Waals surface area contributed by atoms with Gasteiger partial charge in [-0.05, 0) is 42.3 Å². The minimum absolute atomic E-state index is 0.0966. The second-order valence-electron chi connectivity index (χ2n) is 4.16. The van der Waals surface area contributed by atoms with E-state index >= 15 is 0 Å². The lowest BCUT2D eigenvalue weighted by atomic mass is 10.1. The summed E-state index contributed by atoms with van der Waals surface area (Å²) in [6, 6.07) is 7.44. The van der Waals surface area contributed by atoms with E-state index in [1.54, 1.807) is 12.4 Å². The van der Waals surface area contributed by atoms with Crippen molar-refractivity contribution in [2.75, 3.05) is 0 Å². The van der Waals surface area contributed by atoms with Gasteiger partial charge in [0.15, 0.2) is 0 Å². The molecule has 0 amide bonds. The zero-order valence-electron chi connectivity index (χ0n) is 10.0. The molecule has 94 valence electrons. The second kappa shape index (κ2) is 5.69. The van der Waals surface area contributed by atoms with Crippen molar-refractivity contribution in [3.8, 4) is 0 Å². The third-order valence-corrected chi connectivity index (χ3v) is 2.74. The van der Waals surface area contributed by atoms with Gasteiger partial charge in [-0.3, -0.25) is 4.98 Å². The Bertz CT molecular complexity index is 494. The zero-order valence-corrected chi connectivity index (χ0v) is 10.0. The maximum atomic E-state index is 13.0. The van der Waals surface area contributed by atoms with E-state index in [0.717, 1.165) is 11.6 Å². The first kappa shape index (κ1) is 12.6. The molecule has 0 aliphatic carbocycles. The van der Waals surface area contributed by atoms with E-state index in [9.17, 15) is 8.78 Å². The molecule has 1 heterocycles. The van der Waals surface area contributed by atoms with Crippen LogP contribution in [0.5, 0.6) is 0 Å². The molecule has 0 saturated carbocycles. The average Bonchev–Trinajstić information content (AvgIpc) is 2.36. The van der Waals surface area contributed by atoms with Crippen LogP contribution in [0.2, 0.25) is 0 Å². The van der Waals surface area contributed by atoms with E-state index in [4.69, 9.17) is 0 Å². The highest BCUT2D eigenvalue weighted by Gasteiger charge is 2.05. The number of hydrogen-bond donors (Lipinski definition) is 1. The molecule has 0 aliphatic rings. The number of hydrogen-bond acceptors (Lipinski definition) is 2. The fourth-order valence-corrected chi connectivity index (χ4v) is 1.75. The molecule has 0 saturated heterocycles.